The molecule has 0 unspecified atom stereocenters. The number of amides is 1. The van der Waals surface area contributed by atoms with Gasteiger partial charge in [-0.2, -0.15) is 0 Å². The molecule has 0 aliphatic heterocycles. The third kappa shape index (κ3) is 3.95. The molecule has 0 saturated carbocycles. The molecule has 0 bridgehead atoms. The van der Waals surface area contributed by atoms with Crippen LogP contribution in [0.4, 0.5) is 4.39 Å². The van der Waals surface area contributed by atoms with Crippen LogP contribution in [0, 0.1) is 5.82 Å². The topological polar surface area (TPSA) is 75.3 Å². The zero-order valence-electron chi connectivity index (χ0n) is 10.8. The second-order valence-corrected chi connectivity index (χ2v) is 6.67. The van der Waals surface area contributed by atoms with Crippen LogP contribution in [0.15, 0.2) is 47.4 Å². The van der Waals surface area contributed by atoms with Crippen LogP contribution >= 0.6 is 23.2 Å². The van der Waals surface area contributed by atoms with Crippen LogP contribution in [0.5, 0.6) is 0 Å². The van der Waals surface area contributed by atoms with Gasteiger partial charge in [0.15, 0.2) is 0 Å². The van der Waals surface area contributed by atoms with Gasteiger partial charge in [-0.05, 0) is 36.4 Å². The van der Waals surface area contributed by atoms with Crippen LogP contribution in [0.3, 0.4) is 0 Å². The van der Waals surface area contributed by atoms with Gasteiger partial charge in [0, 0.05) is 15.6 Å². The van der Waals surface area contributed by atoms with Crippen molar-refractivity contribution in [1.29, 1.82) is 0 Å². The van der Waals surface area contributed by atoms with E-state index in [1.165, 1.54) is 24.3 Å². The van der Waals surface area contributed by atoms with Gasteiger partial charge in [0.1, 0.15) is 10.7 Å². The Morgan fingerprint density at radius 1 is 1.05 bits per heavy atom. The molecular formula is C13H9Cl2FN2O3S. The standard InChI is InChI=1S/C13H9Cl2FN2O3S/c14-9-3-1-2-8(6-9)13(19)17-18-22(20,21)12-5-4-10(15)7-11(12)16/h1-7,18H,(H,17,19). The van der Waals surface area contributed by atoms with E-state index in [0.717, 1.165) is 12.1 Å². The largest absolute Gasteiger partial charge is 0.273 e. The second kappa shape index (κ2) is 6.62. The molecule has 2 aromatic rings. The molecule has 9 heteroatoms. The molecular weight excluding hydrogens is 354 g/mol. The maximum Gasteiger partial charge on any atom is 0.266 e. The lowest BCUT2D eigenvalue weighted by atomic mass is 10.2. The molecule has 1 amide bonds. The molecule has 0 atom stereocenters. The zero-order valence-corrected chi connectivity index (χ0v) is 13.1. The fourth-order valence-corrected chi connectivity index (χ4v) is 2.81. The summed E-state index contributed by atoms with van der Waals surface area (Å²) in [4.78, 5) is 13.0. The highest BCUT2D eigenvalue weighted by atomic mass is 35.5. The number of hydrazine groups is 1. The third-order valence-corrected chi connectivity index (χ3v) is 4.32. The van der Waals surface area contributed by atoms with Crippen LogP contribution in [0.1, 0.15) is 10.4 Å². The molecule has 116 valence electrons. The first-order valence-corrected chi connectivity index (χ1v) is 8.06. The third-order valence-electron chi connectivity index (χ3n) is 2.57. The Morgan fingerprint density at radius 3 is 2.36 bits per heavy atom. The molecule has 2 rings (SSSR count). The van der Waals surface area contributed by atoms with Crippen molar-refractivity contribution < 1.29 is 17.6 Å². The van der Waals surface area contributed by atoms with Crippen molar-refractivity contribution >= 4 is 39.1 Å². The smallest absolute Gasteiger partial charge is 0.266 e. The van der Waals surface area contributed by atoms with Crippen LogP contribution in [0.25, 0.3) is 0 Å². The summed E-state index contributed by atoms with van der Waals surface area (Å²) in [5.74, 6) is -1.77. The molecule has 22 heavy (non-hydrogen) atoms. The zero-order chi connectivity index (χ0) is 16.3. The Hall–Kier alpha value is -1.67. The normalized spacial score (nSPS) is 11.2. The molecule has 0 aromatic heterocycles. The minimum absolute atomic E-state index is 0.0550. The van der Waals surface area contributed by atoms with Gasteiger partial charge in [0.05, 0.1) is 0 Å². The van der Waals surface area contributed by atoms with Gasteiger partial charge in [-0.1, -0.05) is 29.3 Å². The molecule has 5 nitrogen and oxygen atoms in total. The number of carbonyl (C=O) groups excluding carboxylic acids is 1. The lowest BCUT2D eigenvalue weighted by Crippen LogP contribution is -2.41. The number of carbonyl (C=O) groups is 1. The Morgan fingerprint density at radius 2 is 1.73 bits per heavy atom. The molecule has 0 fully saturated rings. The average Bonchev–Trinajstić information content (AvgIpc) is 2.44. The summed E-state index contributed by atoms with van der Waals surface area (Å²) in [5, 5.41) is 0.374. The van der Waals surface area contributed by atoms with Crippen molar-refractivity contribution in [3.8, 4) is 0 Å². The van der Waals surface area contributed by atoms with Crippen LogP contribution in [0.2, 0.25) is 10.0 Å². The molecule has 0 heterocycles. The van der Waals surface area contributed by atoms with E-state index in [2.05, 4.69) is 0 Å². The summed E-state index contributed by atoms with van der Waals surface area (Å²) >= 11 is 11.3. The summed E-state index contributed by atoms with van der Waals surface area (Å²) in [6, 6.07) is 8.96. The molecule has 2 N–H and O–H groups in total. The van der Waals surface area contributed by atoms with Crippen LogP contribution in [-0.2, 0) is 10.0 Å². The summed E-state index contributed by atoms with van der Waals surface area (Å²) in [5.41, 5.74) is 2.12. The molecule has 0 spiro atoms. The first-order chi connectivity index (χ1) is 10.3. The molecule has 0 aliphatic carbocycles. The maximum absolute atomic E-state index is 13.6. The van der Waals surface area contributed by atoms with Gasteiger partial charge in [-0.3, -0.25) is 10.2 Å². The predicted octanol–water partition coefficient (Wildman–Crippen LogP) is 2.76. The Kier molecular flexibility index (Phi) is 5.02. The van der Waals surface area contributed by atoms with Gasteiger partial charge in [0.2, 0.25) is 0 Å². The van der Waals surface area contributed by atoms with Gasteiger partial charge in [-0.15, -0.1) is 4.83 Å². The summed E-state index contributed by atoms with van der Waals surface area (Å²) < 4.78 is 37.5. The van der Waals surface area contributed by atoms with Crippen LogP contribution < -0.4 is 10.3 Å². The van der Waals surface area contributed by atoms with E-state index in [-0.39, 0.29) is 10.6 Å². The highest BCUT2D eigenvalue weighted by Crippen LogP contribution is 2.18. The van der Waals surface area contributed by atoms with E-state index >= 15 is 0 Å². The predicted molar refractivity (Wildman–Crippen MR) is 80.6 cm³/mol. The lowest BCUT2D eigenvalue weighted by molar-refractivity contribution is 0.0945. The number of halogens is 3. The Labute approximate surface area is 136 Å². The van der Waals surface area contributed by atoms with Crippen LogP contribution in [-0.4, -0.2) is 14.3 Å². The van der Waals surface area contributed by atoms with Crippen molar-refractivity contribution in [2.24, 2.45) is 0 Å². The van der Waals surface area contributed by atoms with Crippen molar-refractivity contribution in [3.05, 3.63) is 63.9 Å². The fraction of sp³-hybridized carbons (Fsp3) is 0. The van der Waals surface area contributed by atoms with E-state index < -0.39 is 26.6 Å². The van der Waals surface area contributed by atoms with Gasteiger partial charge < -0.3 is 0 Å². The van der Waals surface area contributed by atoms with E-state index in [9.17, 15) is 17.6 Å². The second-order valence-electron chi connectivity index (χ2n) is 4.14. The van der Waals surface area contributed by atoms with Crippen molar-refractivity contribution in [3.63, 3.8) is 0 Å². The molecule has 2 aromatic carbocycles. The van der Waals surface area contributed by atoms with E-state index in [1.807, 2.05) is 5.43 Å². The van der Waals surface area contributed by atoms with Crippen molar-refractivity contribution in [1.82, 2.24) is 10.3 Å². The maximum atomic E-state index is 13.6. The number of sulfonamides is 1. The minimum Gasteiger partial charge on any atom is -0.273 e. The highest BCUT2D eigenvalue weighted by molar-refractivity contribution is 7.89. The molecule has 0 saturated heterocycles. The highest BCUT2D eigenvalue weighted by Gasteiger charge is 2.20. The minimum atomic E-state index is -4.27. The summed E-state index contributed by atoms with van der Waals surface area (Å²) in [6.45, 7) is 0. The summed E-state index contributed by atoms with van der Waals surface area (Å²) in [6.07, 6.45) is 0. The molecule has 0 radical (unpaired) electrons. The summed E-state index contributed by atoms with van der Waals surface area (Å²) in [7, 11) is -4.27. The number of benzene rings is 2. The van der Waals surface area contributed by atoms with E-state index in [0.29, 0.717) is 5.02 Å². The monoisotopic (exact) mass is 362 g/mol. The number of rotatable bonds is 4. The van der Waals surface area contributed by atoms with E-state index in [4.69, 9.17) is 23.2 Å². The molecule has 0 aliphatic rings. The number of hydrogen-bond acceptors (Lipinski definition) is 3. The SMILES string of the molecule is O=C(NNS(=O)(=O)c1ccc(Cl)cc1F)c1cccc(Cl)c1. The van der Waals surface area contributed by atoms with Gasteiger partial charge in [-0.25, -0.2) is 12.8 Å². The lowest BCUT2D eigenvalue weighted by Gasteiger charge is -2.09. The number of nitrogens with one attached hydrogen (secondary N) is 2. The van der Waals surface area contributed by atoms with E-state index in [1.54, 1.807) is 10.9 Å². The quantitative estimate of drug-likeness (QED) is 0.821. The average molecular weight is 363 g/mol. The van der Waals surface area contributed by atoms with Gasteiger partial charge in [0.25, 0.3) is 15.9 Å². The first kappa shape index (κ1) is 16.7. The first-order valence-electron chi connectivity index (χ1n) is 5.82. The number of hydrogen-bond donors (Lipinski definition) is 2. The van der Waals surface area contributed by atoms with Crippen molar-refractivity contribution in [2.45, 2.75) is 4.90 Å². The Balaban J connectivity index is 2.14. The fourth-order valence-electron chi connectivity index (χ4n) is 1.56. The Bertz CT molecular complexity index is 828. The van der Waals surface area contributed by atoms with Gasteiger partial charge >= 0.3 is 0 Å². The van der Waals surface area contributed by atoms with Crippen molar-refractivity contribution in [2.75, 3.05) is 0 Å².